The van der Waals surface area contributed by atoms with Gasteiger partial charge in [0.15, 0.2) is 0 Å². The van der Waals surface area contributed by atoms with Crippen LogP contribution in [0, 0.1) is 5.92 Å². The van der Waals surface area contributed by atoms with E-state index in [2.05, 4.69) is 11.9 Å². The fourth-order valence-electron chi connectivity index (χ4n) is 1.38. The molecule has 0 aromatic rings. The van der Waals surface area contributed by atoms with E-state index in [1.165, 1.54) is 12.8 Å². The minimum atomic E-state index is -0.277. The monoisotopic (exact) mass is 197 g/mol. The van der Waals surface area contributed by atoms with E-state index < -0.39 is 0 Å². The summed E-state index contributed by atoms with van der Waals surface area (Å²) >= 11 is 0. The average molecular weight is 197 g/mol. The van der Waals surface area contributed by atoms with Crippen molar-refractivity contribution < 1.29 is 9.53 Å². The van der Waals surface area contributed by atoms with Gasteiger partial charge >= 0.3 is 0 Å². The van der Waals surface area contributed by atoms with Gasteiger partial charge in [0, 0.05) is 6.54 Å². The fourth-order valence-corrected chi connectivity index (χ4v) is 1.38. The van der Waals surface area contributed by atoms with E-state index in [0.717, 1.165) is 6.42 Å². The Balaban J connectivity index is 2.32. The highest BCUT2D eigenvalue weighted by molar-refractivity contribution is 5.80. The Morgan fingerprint density at radius 3 is 2.93 bits per heavy atom. The van der Waals surface area contributed by atoms with Gasteiger partial charge in [0.05, 0.1) is 6.61 Å². The standard InChI is InChI=1S/C11H19NO2/c1-3-7-14-10(8-9-5-6-9)11(13)12-4-2/h3,9-10H,1,4-8H2,2H3,(H,12,13). The summed E-state index contributed by atoms with van der Waals surface area (Å²) in [5, 5.41) is 2.79. The molecule has 3 nitrogen and oxygen atoms in total. The van der Waals surface area contributed by atoms with Gasteiger partial charge in [-0.1, -0.05) is 18.9 Å². The Morgan fingerprint density at radius 1 is 1.71 bits per heavy atom. The van der Waals surface area contributed by atoms with Gasteiger partial charge in [0.25, 0.3) is 0 Å². The van der Waals surface area contributed by atoms with E-state index in [4.69, 9.17) is 4.74 Å². The second kappa shape index (κ2) is 5.81. The molecule has 1 rings (SSSR count). The lowest BCUT2D eigenvalue weighted by molar-refractivity contribution is -0.132. The van der Waals surface area contributed by atoms with Gasteiger partial charge in [-0.2, -0.15) is 0 Å². The van der Waals surface area contributed by atoms with Crippen LogP contribution in [0.2, 0.25) is 0 Å². The van der Waals surface area contributed by atoms with Crippen LogP contribution in [-0.2, 0) is 9.53 Å². The van der Waals surface area contributed by atoms with Crippen molar-refractivity contribution in [2.75, 3.05) is 13.2 Å². The topological polar surface area (TPSA) is 38.3 Å². The van der Waals surface area contributed by atoms with Crippen molar-refractivity contribution in [2.24, 2.45) is 5.92 Å². The number of nitrogens with one attached hydrogen (secondary N) is 1. The first-order valence-corrected chi connectivity index (χ1v) is 5.28. The molecule has 0 spiro atoms. The lowest BCUT2D eigenvalue weighted by Crippen LogP contribution is -2.36. The van der Waals surface area contributed by atoms with Crippen LogP contribution in [0.15, 0.2) is 12.7 Å². The zero-order valence-electron chi connectivity index (χ0n) is 8.79. The summed E-state index contributed by atoms with van der Waals surface area (Å²) in [6, 6.07) is 0. The molecule has 0 aliphatic heterocycles. The number of carbonyl (C=O) groups is 1. The number of hydrogen-bond donors (Lipinski definition) is 1. The van der Waals surface area contributed by atoms with Gasteiger partial charge in [0.1, 0.15) is 6.10 Å². The Hall–Kier alpha value is -0.830. The molecule has 80 valence electrons. The molecule has 1 saturated carbocycles. The van der Waals surface area contributed by atoms with Gasteiger partial charge in [-0.3, -0.25) is 4.79 Å². The normalized spacial score (nSPS) is 17.5. The number of ether oxygens (including phenoxy) is 1. The molecular formula is C11H19NO2. The average Bonchev–Trinajstić information content (AvgIpc) is 2.96. The lowest BCUT2D eigenvalue weighted by Gasteiger charge is -2.15. The lowest BCUT2D eigenvalue weighted by atomic mass is 10.1. The molecule has 0 aromatic carbocycles. The quantitative estimate of drug-likeness (QED) is 0.628. The molecule has 0 radical (unpaired) electrons. The third-order valence-electron chi connectivity index (χ3n) is 2.30. The van der Waals surface area contributed by atoms with Crippen molar-refractivity contribution in [3.05, 3.63) is 12.7 Å². The molecule has 14 heavy (non-hydrogen) atoms. The van der Waals surface area contributed by atoms with E-state index in [-0.39, 0.29) is 12.0 Å². The highest BCUT2D eigenvalue weighted by Gasteiger charge is 2.29. The van der Waals surface area contributed by atoms with Crippen LogP contribution in [0.1, 0.15) is 26.2 Å². The highest BCUT2D eigenvalue weighted by Crippen LogP contribution is 2.34. The van der Waals surface area contributed by atoms with Crippen molar-refractivity contribution in [3.63, 3.8) is 0 Å². The Bertz CT molecular complexity index is 199. The Morgan fingerprint density at radius 2 is 2.43 bits per heavy atom. The van der Waals surface area contributed by atoms with E-state index in [9.17, 15) is 4.79 Å². The second-order valence-electron chi connectivity index (χ2n) is 3.68. The molecule has 0 bridgehead atoms. The zero-order valence-corrected chi connectivity index (χ0v) is 8.79. The Labute approximate surface area is 85.5 Å². The van der Waals surface area contributed by atoms with Gasteiger partial charge in [-0.05, 0) is 19.3 Å². The first-order valence-electron chi connectivity index (χ1n) is 5.28. The molecule has 0 aromatic heterocycles. The predicted octanol–water partition coefficient (Wildman–Crippen LogP) is 1.49. The maximum absolute atomic E-state index is 11.5. The molecule has 1 aliphatic carbocycles. The van der Waals surface area contributed by atoms with Gasteiger partial charge in [-0.25, -0.2) is 0 Å². The number of rotatable bonds is 7. The summed E-state index contributed by atoms with van der Waals surface area (Å²) in [7, 11) is 0. The van der Waals surface area contributed by atoms with Crippen molar-refractivity contribution >= 4 is 5.91 Å². The van der Waals surface area contributed by atoms with Crippen molar-refractivity contribution in [1.29, 1.82) is 0 Å². The third-order valence-corrected chi connectivity index (χ3v) is 2.30. The van der Waals surface area contributed by atoms with E-state index in [1.807, 2.05) is 6.92 Å². The van der Waals surface area contributed by atoms with E-state index in [0.29, 0.717) is 19.1 Å². The fraction of sp³-hybridized carbons (Fsp3) is 0.727. The van der Waals surface area contributed by atoms with Crippen molar-refractivity contribution in [1.82, 2.24) is 5.32 Å². The Kier molecular flexibility index (Phi) is 4.66. The maximum atomic E-state index is 11.5. The first kappa shape index (κ1) is 11.2. The highest BCUT2D eigenvalue weighted by atomic mass is 16.5. The summed E-state index contributed by atoms with van der Waals surface area (Å²) in [5.41, 5.74) is 0. The van der Waals surface area contributed by atoms with E-state index >= 15 is 0 Å². The molecule has 1 N–H and O–H groups in total. The predicted molar refractivity (Wildman–Crippen MR) is 56.0 cm³/mol. The summed E-state index contributed by atoms with van der Waals surface area (Å²) in [6.07, 6.45) is 4.75. The summed E-state index contributed by atoms with van der Waals surface area (Å²) in [6.45, 7) is 6.61. The van der Waals surface area contributed by atoms with Crippen LogP contribution in [0.25, 0.3) is 0 Å². The van der Waals surface area contributed by atoms with Crippen LogP contribution < -0.4 is 5.32 Å². The van der Waals surface area contributed by atoms with Gasteiger partial charge in [0.2, 0.25) is 5.91 Å². The van der Waals surface area contributed by atoms with Crippen molar-refractivity contribution in [2.45, 2.75) is 32.3 Å². The smallest absolute Gasteiger partial charge is 0.249 e. The van der Waals surface area contributed by atoms with Crippen LogP contribution in [0.4, 0.5) is 0 Å². The van der Waals surface area contributed by atoms with Crippen LogP contribution >= 0.6 is 0 Å². The number of amides is 1. The first-order chi connectivity index (χ1) is 6.77. The van der Waals surface area contributed by atoms with Crippen LogP contribution in [-0.4, -0.2) is 25.2 Å². The van der Waals surface area contributed by atoms with Crippen LogP contribution in [0.3, 0.4) is 0 Å². The van der Waals surface area contributed by atoms with E-state index in [1.54, 1.807) is 6.08 Å². The molecule has 0 heterocycles. The minimum absolute atomic E-state index is 0.0150. The second-order valence-corrected chi connectivity index (χ2v) is 3.68. The van der Waals surface area contributed by atoms with Gasteiger partial charge in [-0.15, -0.1) is 6.58 Å². The number of likely N-dealkylation sites (N-methyl/N-ethyl adjacent to an activating group) is 1. The molecule has 0 saturated heterocycles. The SMILES string of the molecule is C=CCOC(CC1CC1)C(=O)NCC. The van der Waals surface area contributed by atoms with Gasteiger partial charge < -0.3 is 10.1 Å². The molecule has 1 unspecified atom stereocenters. The maximum Gasteiger partial charge on any atom is 0.249 e. The number of hydrogen-bond acceptors (Lipinski definition) is 2. The minimum Gasteiger partial charge on any atom is -0.364 e. The summed E-state index contributed by atoms with van der Waals surface area (Å²) < 4.78 is 5.43. The molecule has 3 heteroatoms. The third kappa shape index (κ3) is 3.92. The summed E-state index contributed by atoms with van der Waals surface area (Å²) in [4.78, 5) is 11.5. The molecular weight excluding hydrogens is 178 g/mol. The zero-order chi connectivity index (χ0) is 10.4. The largest absolute Gasteiger partial charge is 0.364 e. The summed E-state index contributed by atoms with van der Waals surface area (Å²) in [5.74, 6) is 0.716. The molecule has 1 aliphatic rings. The molecule has 1 amide bonds. The van der Waals surface area contributed by atoms with Crippen LogP contribution in [0.5, 0.6) is 0 Å². The molecule has 1 fully saturated rings. The number of carbonyl (C=O) groups excluding carboxylic acids is 1. The molecule has 1 atom stereocenters. The van der Waals surface area contributed by atoms with Crippen molar-refractivity contribution in [3.8, 4) is 0 Å².